The molecule has 3 aromatic carbocycles. The number of aryl methyl sites for hydroxylation is 1. The summed E-state index contributed by atoms with van der Waals surface area (Å²) in [4.78, 5) is 2.37. The highest BCUT2D eigenvalue weighted by Gasteiger charge is 2.23. The Kier molecular flexibility index (Phi) is 8.24. The maximum Gasteiger partial charge on any atom is 0.165 e. The van der Waals surface area contributed by atoms with Crippen LogP contribution in [0.25, 0.3) is 0 Å². The van der Waals surface area contributed by atoms with E-state index in [0.717, 1.165) is 61.5 Å². The van der Waals surface area contributed by atoms with Crippen molar-refractivity contribution in [3.8, 4) is 11.5 Å². The molecular formula is C31H36F2N2O2. The summed E-state index contributed by atoms with van der Waals surface area (Å²) in [7, 11) is 1.69. The predicted octanol–water partition coefficient (Wildman–Crippen LogP) is 6.72. The Morgan fingerprint density at radius 2 is 1.81 bits per heavy atom. The van der Waals surface area contributed by atoms with Gasteiger partial charge >= 0.3 is 0 Å². The standard InChI is InChI=1S/C31H36F2N2O2/c1-36-27-10-8-23-18-25(7-6-24(23)19-27)28-11-9-26(32)20-30(28)34-21-22-5-12-31(29(33)17-22)37-16-15-35-13-3-2-4-14-35/h5,8-12,17,19-20,25,34H,2-4,6-7,13-16,18,21H2,1H3. The molecule has 0 amide bonds. The van der Waals surface area contributed by atoms with Crippen LogP contribution in [-0.2, 0) is 19.4 Å². The van der Waals surface area contributed by atoms with Gasteiger partial charge in [0.05, 0.1) is 7.11 Å². The van der Waals surface area contributed by atoms with Crippen LogP contribution in [0.2, 0.25) is 0 Å². The minimum atomic E-state index is -0.364. The van der Waals surface area contributed by atoms with Crippen molar-refractivity contribution in [1.82, 2.24) is 4.90 Å². The number of piperidine rings is 1. The second-order valence-electron chi connectivity index (χ2n) is 10.2. The lowest BCUT2D eigenvalue weighted by Crippen LogP contribution is -2.33. The minimum Gasteiger partial charge on any atom is -0.497 e. The Bertz CT molecular complexity index is 1210. The van der Waals surface area contributed by atoms with E-state index in [4.69, 9.17) is 9.47 Å². The number of likely N-dealkylation sites (tertiary alicyclic amines) is 1. The van der Waals surface area contributed by atoms with Crippen molar-refractivity contribution in [3.05, 3.63) is 88.5 Å². The molecule has 4 nitrogen and oxygen atoms in total. The van der Waals surface area contributed by atoms with Gasteiger partial charge in [-0.1, -0.05) is 24.6 Å². The minimum absolute atomic E-state index is 0.282. The first kappa shape index (κ1) is 25.5. The van der Waals surface area contributed by atoms with Gasteiger partial charge in [-0.15, -0.1) is 0 Å². The molecule has 1 N–H and O–H groups in total. The first-order valence-corrected chi connectivity index (χ1v) is 13.4. The zero-order chi connectivity index (χ0) is 25.6. The summed E-state index contributed by atoms with van der Waals surface area (Å²) in [5.74, 6) is 0.806. The monoisotopic (exact) mass is 506 g/mol. The largest absolute Gasteiger partial charge is 0.497 e. The first-order valence-electron chi connectivity index (χ1n) is 13.4. The molecule has 1 saturated heterocycles. The molecule has 1 atom stereocenters. The van der Waals surface area contributed by atoms with Gasteiger partial charge in [0.1, 0.15) is 18.2 Å². The molecule has 1 aliphatic heterocycles. The van der Waals surface area contributed by atoms with Crippen LogP contribution in [-0.4, -0.2) is 38.3 Å². The quantitative estimate of drug-likeness (QED) is 0.349. The molecule has 1 heterocycles. The summed E-state index contributed by atoms with van der Waals surface area (Å²) >= 11 is 0. The molecule has 1 aliphatic carbocycles. The van der Waals surface area contributed by atoms with Gasteiger partial charge in [0.15, 0.2) is 11.6 Å². The van der Waals surface area contributed by atoms with Gasteiger partial charge in [0.2, 0.25) is 0 Å². The number of nitrogens with zero attached hydrogens (tertiary/aromatic N) is 1. The van der Waals surface area contributed by atoms with E-state index in [9.17, 15) is 8.78 Å². The molecule has 1 unspecified atom stereocenters. The molecule has 0 bridgehead atoms. The van der Waals surface area contributed by atoms with E-state index in [1.807, 2.05) is 18.2 Å². The van der Waals surface area contributed by atoms with Crippen molar-refractivity contribution >= 4 is 5.69 Å². The van der Waals surface area contributed by atoms with E-state index in [0.29, 0.717) is 13.2 Å². The van der Waals surface area contributed by atoms with Crippen LogP contribution in [0.5, 0.6) is 11.5 Å². The van der Waals surface area contributed by atoms with Crippen molar-refractivity contribution in [3.63, 3.8) is 0 Å². The predicted molar refractivity (Wildman–Crippen MR) is 144 cm³/mol. The van der Waals surface area contributed by atoms with Crippen LogP contribution in [0.1, 0.15) is 53.9 Å². The average Bonchev–Trinajstić information content (AvgIpc) is 2.93. The number of methoxy groups -OCH3 is 1. The molecule has 3 aromatic rings. The van der Waals surface area contributed by atoms with Crippen molar-refractivity contribution in [1.29, 1.82) is 0 Å². The van der Waals surface area contributed by atoms with Gasteiger partial charge in [0, 0.05) is 18.8 Å². The van der Waals surface area contributed by atoms with E-state index in [2.05, 4.69) is 22.3 Å². The van der Waals surface area contributed by atoms with E-state index in [1.165, 1.54) is 42.5 Å². The number of rotatable bonds is 9. The van der Waals surface area contributed by atoms with Crippen molar-refractivity contribution in [2.75, 3.05) is 38.7 Å². The highest BCUT2D eigenvalue weighted by Crippen LogP contribution is 2.37. The van der Waals surface area contributed by atoms with Gasteiger partial charge in [-0.25, -0.2) is 8.78 Å². The molecule has 1 fully saturated rings. The summed E-state index contributed by atoms with van der Waals surface area (Å²) in [6, 6.07) is 16.3. The van der Waals surface area contributed by atoms with Crippen LogP contribution in [0, 0.1) is 11.6 Å². The zero-order valence-electron chi connectivity index (χ0n) is 21.6. The molecular weight excluding hydrogens is 470 g/mol. The maximum atomic E-state index is 14.7. The van der Waals surface area contributed by atoms with E-state index >= 15 is 0 Å². The normalized spacial score (nSPS) is 17.8. The van der Waals surface area contributed by atoms with E-state index < -0.39 is 0 Å². The third-order valence-electron chi connectivity index (χ3n) is 7.69. The topological polar surface area (TPSA) is 33.7 Å². The lowest BCUT2D eigenvalue weighted by atomic mass is 9.79. The van der Waals surface area contributed by atoms with Gasteiger partial charge in [-0.3, -0.25) is 4.90 Å². The fraction of sp³-hybridized carbons (Fsp3) is 0.419. The number of fused-ring (bicyclic) bond motifs is 1. The Labute approximate surface area is 218 Å². The molecule has 0 aromatic heterocycles. The molecule has 2 aliphatic rings. The Balaban J connectivity index is 1.21. The highest BCUT2D eigenvalue weighted by molar-refractivity contribution is 5.55. The second-order valence-corrected chi connectivity index (χ2v) is 10.2. The highest BCUT2D eigenvalue weighted by atomic mass is 19.1. The Morgan fingerprint density at radius 3 is 2.62 bits per heavy atom. The third-order valence-corrected chi connectivity index (χ3v) is 7.69. The molecule has 0 saturated carbocycles. The fourth-order valence-corrected chi connectivity index (χ4v) is 5.60. The van der Waals surface area contributed by atoms with Gasteiger partial charge < -0.3 is 14.8 Å². The number of benzene rings is 3. The SMILES string of the molecule is COc1ccc2c(c1)CCC(c1ccc(F)cc1NCc1ccc(OCCN3CCCCC3)c(F)c1)C2. The van der Waals surface area contributed by atoms with Crippen LogP contribution < -0.4 is 14.8 Å². The summed E-state index contributed by atoms with van der Waals surface area (Å²) in [6.45, 7) is 3.91. The Morgan fingerprint density at radius 1 is 0.946 bits per heavy atom. The van der Waals surface area contributed by atoms with Crippen LogP contribution in [0.3, 0.4) is 0 Å². The van der Waals surface area contributed by atoms with Gasteiger partial charge in [-0.05, 0) is 110 Å². The number of hydrogen-bond acceptors (Lipinski definition) is 4. The lowest BCUT2D eigenvalue weighted by Gasteiger charge is -2.27. The van der Waals surface area contributed by atoms with Gasteiger partial charge in [-0.2, -0.15) is 0 Å². The maximum absolute atomic E-state index is 14.7. The average molecular weight is 507 g/mol. The van der Waals surface area contributed by atoms with Crippen LogP contribution >= 0.6 is 0 Å². The molecule has 37 heavy (non-hydrogen) atoms. The molecule has 0 spiro atoms. The zero-order valence-corrected chi connectivity index (χ0v) is 21.6. The van der Waals surface area contributed by atoms with Crippen molar-refractivity contribution in [2.45, 2.75) is 51.0 Å². The number of nitrogens with one attached hydrogen (secondary N) is 1. The number of anilines is 1. The Hall–Kier alpha value is -3.12. The van der Waals surface area contributed by atoms with Crippen LogP contribution in [0.15, 0.2) is 54.6 Å². The molecule has 0 radical (unpaired) electrons. The number of hydrogen-bond donors (Lipinski definition) is 1. The second kappa shape index (κ2) is 12.0. The summed E-state index contributed by atoms with van der Waals surface area (Å²) in [6.07, 6.45) is 6.59. The van der Waals surface area contributed by atoms with E-state index in [-0.39, 0.29) is 23.3 Å². The number of ether oxygens (including phenoxy) is 2. The fourth-order valence-electron chi connectivity index (χ4n) is 5.60. The summed E-state index contributed by atoms with van der Waals surface area (Å²) in [5, 5.41) is 3.37. The lowest BCUT2D eigenvalue weighted by molar-refractivity contribution is 0.180. The summed E-state index contributed by atoms with van der Waals surface area (Å²) < 4.78 is 40.0. The van der Waals surface area contributed by atoms with E-state index in [1.54, 1.807) is 19.2 Å². The number of halogens is 2. The van der Waals surface area contributed by atoms with Crippen molar-refractivity contribution in [2.24, 2.45) is 0 Å². The molecule has 6 heteroatoms. The van der Waals surface area contributed by atoms with Crippen LogP contribution in [0.4, 0.5) is 14.5 Å². The first-order chi connectivity index (χ1) is 18.1. The smallest absolute Gasteiger partial charge is 0.165 e. The van der Waals surface area contributed by atoms with Gasteiger partial charge in [0.25, 0.3) is 0 Å². The molecule has 5 rings (SSSR count). The summed E-state index contributed by atoms with van der Waals surface area (Å²) in [5.41, 5.74) is 5.29. The van der Waals surface area contributed by atoms with Crippen molar-refractivity contribution < 1.29 is 18.3 Å². The third kappa shape index (κ3) is 6.42. The molecule has 196 valence electrons.